The Morgan fingerprint density at radius 1 is 0.839 bits per heavy atom. The van der Waals surface area contributed by atoms with Gasteiger partial charge in [0.1, 0.15) is 22.8 Å². The van der Waals surface area contributed by atoms with E-state index in [0.717, 1.165) is 4.90 Å². The summed E-state index contributed by atoms with van der Waals surface area (Å²) < 4.78 is 15.7. The van der Waals surface area contributed by atoms with Crippen molar-refractivity contribution in [3.63, 3.8) is 0 Å². The highest BCUT2D eigenvalue weighted by molar-refractivity contribution is 8.00. The molecule has 0 bridgehead atoms. The molecule has 0 fully saturated rings. The average Bonchev–Trinajstić information content (AvgIpc) is 2.82. The number of nitrogens with one attached hydrogen (secondary N) is 1. The quantitative estimate of drug-likeness (QED) is 0.378. The summed E-state index contributed by atoms with van der Waals surface area (Å²) in [7, 11) is 4.58. The van der Waals surface area contributed by atoms with Crippen LogP contribution in [0.3, 0.4) is 0 Å². The number of hydrogen-bond acceptors (Lipinski definition) is 6. The van der Waals surface area contributed by atoms with E-state index in [4.69, 9.17) is 14.2 Å². The number of carbonyl (C=O) groups is 2. The van der Waals surface area contributed by atoms with Crippen LogP contribution in [-0.4, -0.2) is 38.8 Å². The highest BCUT2D eigenvalue weighted by Crippen LogP contribution is 2.29. The summed E-state index contributed by atoms with van der Waals surface area (Å²) in [5, 5.41) is 2.85. The Labute approximate surface area is 185 Å². The fourth-order valence-corrected chi connectivity index (χ4v) is 3.72. The summed E-state index contributed by atoms with van der Waals surface area (Å²) in [6, 6.07) is 19.6. The largest absolute Gasteiger partial charge is 0.497 e. The van der Waals surface area contributed by atoms with Crippen molar-refractivity contribution in [2.24, 2.45) is 0 Å². The van der Waals surface area contributed by atoms with Crippen LogP contribution in [0.2, 0.25) is 0 Å². The lowest BCUT2D eigenvalue weighted by atomic mass is 10.1. The maximum absolute atomic E-state index is 12.8. The number of methoxy groups -OCH3 is 3. The molecule has 0 aliphatic carbocycles. The van der Waals surface area contributed by atoms with Crippen LogP contribution in [0.15, 0.2) is 71.6 Å². The van der Waals surface area contributed by atoms with Crippen LogP contribution < -0.4 is 19.5 Å². The van der Waals surface area contributed by atoms with Gasteiger partial charge in [0.05, 0.1) is 27.1 Å². The van der Waals surface area contributed by atoms with Gasteiger partial charge < -0.3 is 19.5 Å². The molecular formula is C24H23NO5S. The molecule has 6 nitrogen and oxygen atoms in total. The number of rotatable bonds is 9. The second kappa shape index (κ2) is 10.5. The van der Waals surface area contributed by atoms with Crippen LogP contribution in [0.5, 0.6) is 17.2 Å². The van der Waals surface area contributed by atoms with E-state index < -0.39 is 0 Å². The molecule has 160 valence electrons. The van der Waals surface area contributed by atoms with Gasteiger partial charge in [-0.05, 0) is 48.5 Å². The van der Waals surface area contributed by atoms with E-state index >= 15 is 0 Å². The van der Waals surface area contributed by atoms with E-state index in [1.54, 1.807) is 61.7 Å². The van der Waals surface area contributed by atoms with Gasteiger partial charge >= 0.3 is 0 Å². The van der Waals surface area contributed by atoms with Gasteiger partial charge in [0.25, 0.3) is 5.91 Å². The van der Waals surface area contributed by atoms with Crippen LogP contribution in [-0.2, 0) is 0 Å². The molecule has 7 heteroatoms. The average molecular weight is 438 g/mol. The fraction of sp³-hybridized carbons (Fsp3) is 0.167. The standard InChI is InChI=1S/C24H23NO5S/c1-28-18-7-4-6-16(14-18)20(26)15-31-19-12-10-17(11-13-19)25-24(27)23-21(29-2)8-5-9-22(23)30-3/h4-14H,15H2,1-3H3,(H,25,27). The maximum atomic E-state index is 12.8. The van der Waals surface area contributed by atoms with E-state index in [1.807, 2.05) is 12.1 Å². The minimum absolute atomic E-state index is 0.0181. The van der Waals surface area contributed by atoms with Crippen molar-refractivity contribution in [1.82, 2.24) is 0 Å². The van der Waals surface area contributed by atoms with Crippen LogP contribution in [0, 0.1) is 0 Å². The van der Waals surface area contributed by atoms with Crippen LogP contribution in [0.1, 0.15) is 20.7 Å². The van der Waals surface area contributed by atoms with Gasteiger partial charge in [-0.15, -0.1) is 11.8 Å². The molecule has 3 aromatic rings. The highest BCUT2D eigenvalue weighted by Gasteiger charge is 2.18. The van der Waals surface area contributed by atoms with Crippen molar-refractivity contribution in [3.05, 3.63) is 77.9 Å². The van der Waals surface area contributed by atoms with Crippen LogP contribution >= 0.6 is 11.8 Å². The Bertz CT molecular complexity index is 1040. The lowest BCUT2D eigenvalue weighted by Crippen LogP contribution is -2.14. The topological polar surface area (TPSA) is 73.9 Å². The summed E-state index contributed by atoms with van der Waals surface area (Å²) >= 11 is 1.43. The third kappa shape index (κ3) is 5.58. The van der Waals surface area contributed by atoms with Gasteiger partial charge in [-0.25, -0.2) is 0 Å². The molecule has 0 saturated heterocycles. The molecule has 0 spiro atoms. The van der Waals surface area contributed by atoms with Gasteiger partial charge in [0.2, 0.25) is 0 Å². The first kappa shape index (κ1) is 22.2. The summed E-state index contributed by atoms with van der Waals surface area (Å²) in [6.07, 6.45) is 0. The maximum Gasteiger partial charge on any atom is 0.263 e. The number of Topliss-reactive ketones (excluding diaryl/α,β-unsaturated/α-hetero) is 1. The van der Waals surface area contributed by atoms with E-state index in [9.17, 15) is 9.59 Å². The van der Waals surface area contributed by atoms with Crippen molar-refractivity contribution in [3.8, 4) is 17.2 Å². The molecule has 0 saturated carbocycles. The van der Waals surface area contributed by atoms with E-state index in [-0.39, 0.29) is 11.7 Å². The third-order valence-corrected chi connectivity index (χ3v) is 5.54. The van der Waals surface area contributed by atoms with Crippen LogP contribution in [0.25, 0.3) is 0 Å². The van der Waals surface area contributed by atoms with Gasteiger partial charge in [0, 0.05) is 16.1 Å². The number of ether oxygens (including phenoxy) is 3. The van der Waals surface area contributed by atoms with Crippen molar-refractivity contribution < 1.29 is 23.8 Å². The summed E-state index contributed by atoms with van der Waals surface area (Å²) in [5.74, 6) is 1.51. The first-order valence-corrected chi connectivity index (χ1v) is 10.5. The van der Waals surface area contributed by atoms with Gasteiger partial charge in [-0.1, -0.05) is 18.2 Å². The molecule has 0 heterocycles. The van der Waals surface area contributed by atoms with Crippen molar-refractivity contribution in [1.29, 1.82) is 0 Å². The Balaban J connectivity index is 1.63. The summed E-state index contributed by atoms with van der Waals surface area (Å²) in [6.45, 7) is 0. The zero-order chi connectivity index (χ0) is 22.2. The second-order valence-corrected chi connectivity index (χ2v) is 7.51. The second-order valence-electron chi connectivity index (χ2n) is 6.46. The number of amides is 1. The zero-order valence-corrected chi connectivity index (χ0v) is 18.3. The lowest BCUT2D eigenvalue weighted by molar-refractivity contribution is 0.101. The molecule has 0 radical (unpaired) electrons. The normalized spacial score (nSPS) is 10.3. The molecule has 0 aliphatic heterocycles. The minimum atomic E-state index is -0.331. The molecule has 3 aromatic carbocycles. The lowest BCUT2D eigenvalue weighted by Gasteiger charge is -2.13. The predicted molar refractivity (Wildman–Crippen MR) is 122 cm³/mol. The Hall–Kier alpha value is -3.45. The molecule has 0 unspecified atom stereocenters. The smallest absolute Gasteiger partial charge is 0.263 e. The zero-order valence-electron chi connectivity index (χ0n) is 17.5. The molecular weight excluding hydrogens is 414 g/mol. The van der Waals surface area contributed by atoms with Crippen molar-refractivity contribution in [2.75, 3.05) is 32.4 Å². The van der Waals surface area contributed by atoms with Crippen molar-refractivity contribution >= 4 is 29.1 Å². The SMILES string of the molecule is COc1cccc(C(=O)CSc2ccc(NC(=O)c3c(OC)cccc3OC)cc2)c1. The minimum Gasteiger partial charge on any atom is -0.497 e. The van der Waals surface area contributed by atoms with Gasteiger partial charge in [-0.2, -0.15) is 0 Å². The Kier molecular flexibility index (Phi) is 7.56. The first-order valence-electron chi connectivity index (χ1n) is 9.48. The highest BCUT2D eigenvalue weighted by atomic mass is 32.2. The molecule has 3 rings (SSSR count). The molecule has 0 aromatic heterocycles. The number of anilines is 1. The number of carbonyl (C=O) groups excluding carboxylic acids is 2. The molecule has 1 amide bonds. The molecule has 0 aliphatic rings. The van der Waals surface area contributed by atoms with E-state index in [1.165, 1.54) is 26.0 Å². The number of hydrogen-bond donors (Lipinski definition) is 1. The third-order valence-electron chi connectivity index (χ3n) is 4.53. The Morgan fingerprint density at radius 2 is 1.48 bits per heavy atom. The summed E-state index contributed by atoms with van der Waals surface area (Å²) in [4.78, 5) is 26.1. The van der Waals surface area contributed by atoms with Gasteiger partial charge in [-0.3, -0.25) is 9.59 Å². The van der Waals surface area contributed by atoms with Gasteiger partial charge in [0.15, 0.2) is 5.78 Å². The molecule has 1 N–H and O–H groups in total. The number of thioether (sulfide) groups is 1. The Morgan fingerprint density at radius 3 is 2.10 bits per heavy atom. The fourth-order valence-electron chi connectivity index (χ4n) is 2.93. The predicted octanol–water partition coefficient (Wildman–Crippen LogP) is 4.94. The summed E-state index contributed by atoms with van der Waals surface area (Å²) in [5.41, 5.74) is 1.57. The molecule has 0 atom stereocenters. The monoisotopic (exact) mass is 437 g/mol. The van der Waals surface area contributed by atoms with E-state index in [2.05, 4.69) is 5.32 Å². The van der Waals surface area contributed by atoms with E-state index in [0.29, 0.717) is 39.8 Å². The number of benzene rings is 3. The van der Waals surface area contributed by atoms with Crippen LogP contribution in [0.4, 0.5) is 5.69 Å². The van der Waals surface area contributed by atoms with Crippen molar-refractivity contribution in [2.45, 2.75) is 4.90 Å². The first-order chi connectivity index (χ1) is 15.0. The molecule has 31 heavy (non-hydrogen) atoms. The number of ketones is 1.